The molecule has 30 heavy (non-hydrogen) atoms. The first kappa shape index (κ1) is 19.8. The van der Waals surface area contributed by atoms with Crippen LogP contribution in [0.2, 0.25) is 0 Å². The number of carbonyl (C=O) groups excluding carboxylic acids is 1. The molecule has 5 nitrogen and oxygen atoms in total. The monoisotopic (exact) mass is 422 g/mol. The normalized spacial score (nSPS) is 18.7. The lowest BCUT2D eigenvalue weighted by atomic mass is 9.93. The van der Waals surface area contributed by atoms with Gasteiger partial charge >= 0.3 is 6.03 Å². The summed E-state index contributed by atoms with van der Waals surface area (Å²) in [5.41, 5.74) is 7.33. The van der Waals surface area contributed by atoms with Gasteiger partial charge in [-0.05, 0) is 79.2 Å². The Balaban J connectivity index is 1.29. The second-order valence-electron chi connectivity index (χ2n) is 8.66. The summed E-state index contributed by atoms with van der Waals surface area (Å²) in [4.78, 5) is 13.2. The van der Waals surface area contributed by atoms with Crippen molar-refractivity contribution in [3.63, 3.8) is 0 Å². The molecule has 0 bridgehead atoms. The lowest BCUT2D eigenvalue weighted by Gasteiger charge is -2.26. The quantitative estimate of drug-likeness (QED) is 0.663. The Morgan fingerprint density at radius 3 is 2.23 bits per heavy atom. The van der Waals surface area contributed by atoms with E-state index in [0.717, 1.165) is 56.3 Å². The van der Waals surface area contributed by atoms with Crippen molar-refractivity contribution < 1.29 is 9.00 Å². The number of hydrogen-bond acceptors (Lipinski definition) is 4. The molecule has 2 N–H and O–H groups in total. The Bertz CT molecular complexity index is 1020. The minimum absolute atomic E-state index is 0.515. The highest BCUT2D eigenvalue weighted by molar-refractivity contribution is 7.75. The molecule has 3 aliphatic carbocycles. The van der Waals surface area contributed by atoms with Gasteiger partial charge in [-0.2, -0.15) is 10.6 Å². The van der Waals surface area contributed by atoms with Crippen molar-refractivity contribution in [1.82, 2.24) is 5.32 Å². The summed E-state index contributed by atoms with van der Waals surface area (Å²) >= 11 is 0. The molecule has 0 spiro atoms. The molecule has 0 saturated heterocycles. The van der Waals surface area contributed by atoms with E-state index in [1.54, 1.807) is 0 Å². The fraction of sp³-hybridized carbons (Fsp3) is 0.458. The maximum absolute atomic E-state index is 12.6. The predicted molar refractivity (Wildman–Crippen MR) is 119 cm³/mol. The fourth-order valence-corrected chi connectivity index (χ4v) is 5.49. The lowest BCUT2D eigenvalue weighted by Crippen LogP contribution is -2.34. The highest BCUT2D eigenvalue weighted by atomic mass is 32.2. The molecule has 0 atom stereocenters. The number of hydrogen-bond donors (Lipinski definition) is 2. The summed E-state index contributed by atoms with van der Waals surface area (Å²) in [5, 5.41) is 6.51. The van der Waals surface area contributed by atoms with Gasteiger partial charge in [-0.1, -0.05) is 41.6 Å². The molecule has 1 saturated carbocycles. The van der Waals surface area contributed by atoms with Crippen LogP contribution >= 0.6 is 0 Å². The fourth-order valence-electron chi connectivity index (χ4n) is 4.82. The molecule has 0 heterocycles. The summed E-state index contributed by atoms with van der Waals surface area (Å²) in [6.07, 6.45) is 10.2. The van der Waals surface area contributed by atoms with E-state index in [1.807, 2.05) is 24.3 Å². The van der Waals surface area contributed by atoms with Gasteiger partial charge in [0.15, 0.2) is 0 Å². The zero-order valence-corrected chi connectivity index (χ0v) is 18.0. The average Bonchev–Trinajstić information content (AvgIpc) is 3.36. The third kappa shape index (κ3) is 4.03. The van der Waals surface area contributed by atoms with Gasteiger partial charge in [-0.15, -0.1) is 0 Å². The number of anilines is 1. The first-order valence-electron chi connectivity index (χ1n) is 11.1. The third-order valence-corrected chi connectivity index (χ3v) is 7.70. The second kappa shape index (κ2) is 8.52. The molecule has 158 valence electrons. The van der Waals surface area contributed by atoms with E-state index in [2.05, 4.69) is 21.1 Å². The van der Waals surface area contributed by atoms with Crippen molar-refractivity contribution >= 4 is 22.3 Å². The van der Waals surface area contributed by atoms with E-state index in [4.69, 9.17) is 0 Å². The van der Waals surface area contributed by atoms with Crippen molar-refractivity contribution in [3.05, 3.63) is 58.1 Å². The van der Waals surface area contributed by atoms with Gasteiger partial charge in [-0.25, -0.2) is 4.79 Å². The average molecular weight is 423 g/mol. The van der Waals surface area contributed by atoms with Gasteiger partial charge in [0.2, 0.25) is 0 Å². The number of aryl methyl sites for hydroxylation is 2. The van der Waals surface area contributed by atoms with Crippen LogP contribution in [0.3, 0.4) is 0 Å². The summed E-state index contributed by atoms with van der Waals surface area (Å²) in [6, 6.07) is 9.99. The van der Waals surface area contributed by atoms with Gasteiger partial charge in [0.1, 0.15) is 0 Å². The van der Waals surface area contributed by atoms with Crippen LogP contribution in [0, 0.1) is 0 Å². The largest absolute Gasteiger partial charge is 0.439 e. The van der Waals surface area contributed by atoms with E-state index in [1.165, 1.54) is 41.5 Å². The van der Waals surface area contributed by atoms with Gasteiger partial charge in [0, 0.05) is 18.3 Å². The number of nitrogens with zero attached hydrogens (tertiary/aromatic N) is 1. The standard InChI is InChI=1S/C24H28N3O2S/c28-24(26-23-21-8-1-4-17(21)14-18-5-2-9-22(18)23)27-30(29)20-12-10-16(11-13-20)15-25-19-6-3-7-19/h10-14,19,25H,1-9,15H2,(H,26,28)/q-1. The lowest BCUT2D eigenvalue weighted by molar-refractivity contribution is 0.260. The van der Waals surface area contributed by atoms with Crippen molar-refractivity contribution in [1.29, 1.82) is 0 Å². The summed E-state index contributed by atoms with van der Waals surface area (Å²) in [5.74, 6) is 0. The Kier molecular flexibility index (Phi) is 5.61. The molecule has 2 amide bonds. The van der Waals surface area contributed by atoms with Gasteiger partial charge in [0.05, 0.1) is 0 Å². The number of carbonyl (C=O) groups is 1. The Labute approximate surface area is 179 Å². The number of urea groups is 1. The zero-order chi connectivity index (χ0) is 20.5. The van der Waals surface area contributed by atoms with Crippen LogP contribution in [0.25, 0.3) is 0 Å². The van der Waals surface area contributed by atoms with Crippen molar-refractivity contribution in [2.45, 2.75) is 75.3 Å². The van der Waals surface area contributed by atoms with Gasteiger partial charge in [0.25, 0.3) is 0 Å². The number of rotatable bonds is 5. The van der Waals surface area contributed by atoms with E-state index in [9.17, 15) is 9.00 Å². The Morgan fingerprint density at radius 1 is 0.967 bits per heavy atom. The van der Waals surface area contributed by atoms with Gasteiger partial charge in [-0.3, -0.25) is 0 Å². The first-order valence-corrected chi connectivity index (χ1v) is 12.2. The van der Waals surface area contributed by atoms with E-state index < -0.39 is 16.6 Å². The van der Waals surface area contributed by atoms with E-state index in [-0.39, 0.29) is 0 Å². The van der Waals surface area contributed by atoms with Crippen LogP contribution in [0.5, 0.6) is 0 Å². The molecule has 6 heteroatoms. The SMILES string of the molecule is O=C(N=[S-](=O)c1ccc(CNC2CCC2)cc1)Nc1c2c(cc3c1CCC3)CCC2. The topological polar surface area (TPSA) is 70.6 Å². The minimum atomic E-state index is -1.70. The van der Waals surface area contributed by atoms with E-state index >= 15 is 0 Å². The smallest absolute Gasteiger partial charge is 0.322 e. The van der Waals surface area contributed by atoms with Crippen molar-refractivity contribution in [2.75, 3.05) is 5.32 Å². The van der Waals surface area contributed by atoms with Crippen LogP contribution in [-0.2, 0) is 47.0 Å². The molecule has 5 rings (SSSR count). The second-order valence-corrected chi connectivity index (χ2v) is 9.81. The predicted octanol–water partition coefficient (Wildman–Crippen LogP) is 5.04. The van der Waals surface area contributed by atoms with Crippen LogP contribution in [0.4, 0.5) is 10.5 Å². The Morgan fingerprint density at radius 2 is 1.63 bits per heavy atom. The molecule has 0 unspecified atom stereocenters. The summed E-state index contributed by atoms with van der Waals surface area (Å²) < 4.78 is 16.5. The number of fused-ring (bicyclic) bond motifs is 2. The molecule has 2 aromatic carbocycles. The molecule has 1 fully saturated rings. The maximum atomic E-state index is 12.6. The molecule has 3 aliphatic rings. The number of benzene rings is 2. The zero-order valence-electron chi connectivity index (χ0n) is 17.2. The molecule has 0 aliphatic heterocycles. The summed E-state index contributed by atoms with van der Waals surface area (Å²) in [6.45, 7) is 0.819. The maximum Gasteiger partial charge on any atom is 0.322 e. The van der Waals surface area contributed by atoms with Crippen LogP contribution < -0.4 is 10.6 Å². The third-order valence-electron chi connectivity index (χ3n) is 6.70. The first-order chi connectivity index (χ1) is 14.7. The molecular formula is C24H28N3O2S-. The highest BCUT2D eigenvalue weighted by Crippen LogP contribution is 2.38. The van der Waals surface area contributed by atoms with Gasteiger partial charge < -0.3 is 19.2 Å². The molecule has 0 radical (unpaired) electrons. The minimum Gasteiger partial charge on any atom is -0.439 e. The molecule has 0 aromatic heterocycles. The summed E-state index contributed by atoms with van der Waals surface area (Å²) in [7, 11) is -1.70. The van der Waals surface area contributed by atoms with Crippen LogP contribution in [0.1, 0.15) is 59.9 Å². The van der Waals surface area contributed by atoms with Crippen molar-refractivity contribution in [3.8, 4) is 0 Å². The Hall–Kier alpha value is -2.18. The molecule has 2 aromatic rings. The highest BCUT2D eigenvalue weighted by Gasteiger charge is 2.24. The number of amides is 2. The van der Waals surface area contributed by atoms with E-state index in [0.29, 0.717) is 10.9 Å². The van der Waals surface area contributed by atoms with Crippen LogP contribution in [-0.4, -0.2) is 12.1 Å². The molecular weight excluding hydrogens is 394 g/mol. The number of nitrogens with one attached hydrogen (secondary N) is 2. The van der Waals surface area contributed by atoms with Crippen LogP contribution in [0.15, 0.2) is 39.6 Å². The van der Waals surface area contributed by atoms with Crippen molar-refractivity contribution in [2.24, 2.45) is 4.36 Å².